The van der Waals surface area contributed by atoms with Crippen molar-refractivity contribution in [2.45, 2.75) is 18.8 Å². The Morgan fingerprint density at radius 3 is 2.64 bits per heavy atom. The minimum Gasteiger partial charge on any atom is -0.478 e. The highest BCUT2D eigenvalue weighted by Crippen LogP contribution is 2.29. The molecule has 4 nitrogen and oxygen atoms in total. The van der Waals surface area contributed by atoms with Gasteiger partial charge in [0.1, 0.15) is 11.6 Å². The van der Waals surface area contributed by atoms with Gasteiger partial charge in [0.15, 0.2) is 0 Å². The lowest BCUT2D eigenvalue weighted by Crippen LogP contribution is -2.34. The fraction of sp³-hybridized carbons (Fsp3) is 0.294. The van der Waals surface area contributed by atoms with Crippen LogP contribution < -0.4 is 4.90 Å². The van der Waals surface area contributed by atoms with Gasteiger partial charge in [0.2, 0.25) is 0 Å². The van der Waals surface area contributed by atoms with E-state index in [4.69, 9.17) is 5.11 Å². The van der Waals surface area contributed by atoms with Gasteiger partial charge in [-0.1, -0.05) is 12.1 Å². The smallest absolute Gasteiger partial charge is 0.337 e. The minimum atomic E-state index is -0.970. The number of piperidine rings is 1. The molecule has 2 aromatic rings. The van der Waals surface area contributed by atoms with E-state index in [2.05, 4.69) is 9.88 Å². The topological polar surface area (TPSA) is 53.4 Å². The molecule has 2 heterocycles. The number of carboxylic acid groups (broad SMARTS) is 1. The molecule has 1 aromatic heterocycles. The Hall–Kier alpha value is -2.43. The molecule has 0 aliphatic carbocycles. The van der Waals surface area contributed by atoms with Gasteiger partial charge >= 0.3 is 5.97 Å². The molecule has 3 rings (SSSR count). The van der Waals surface area contributed by atoms with Gasteiger partial charge in [0.05, 0.1) is 5.56 Å². The maximum absolute atomic E-state index is 13.0. The van der Waals surface area contributed by atoms with Gasteiger partial charge in [0.25, 0.3) is 0 Å². The molecule has 1 unspecified atom stereocenters. The second-order valence-electron chi connectivity index (χ2n) is 5.55. The quantitative estimate of drug-likeness (QED) is 0.945. The van der Waals surface area contributed by atoms with Gasteiger partial charge in [-0.05, 0) is 42.7 Å². The number of anilines is 1. The summed E-state index contributed by atoms with van der Waals surface area (Å²) in [5.41, 5.74) is 1.32. The summed E-state index contributed by atoms with van der Waals surface area (Å²) in [7, 11) is 0. The zero-order chi connectivity index (χ0) is 15.5. The molecule has 0 bridgehead atoms. The monoisotopic (exact) mass is 300 g/mol. The minimum absolute atomic E-state index is 0.191. The molecule has 1 aliphatic rings. The fourth-order valence-corrected chi connectivity index (χ4v) is 2.89. The molecule has 0 spiro atoms. The molecule has 0 saturated carbocycles. The number of aromatic carboxylic acids is 1. The molecule has 1 atom stereocenters. The highest BCUT2D eigenvalue weighted by molar-refractivity contribution is 5.87. The molecular formula is C17H17FN2O2. The van der Waals surface area contributed by atoms with E-state index >= 15 is 0 Å². The summed E-state index contributed by atoms with van der Waals surface area (Å²) in [6.07, 6.45) is 3.49. The maximum atomic E-state index is 13.0. The van der Waals surface area contributed by atoms with Gasteiger partial charge in [-0.2, -0.15) is 0 Å². The molecule has 5 heteroatoms. The molecule has 1 saturated heterocycles. The average Bonchev–Trinajstić information content (AvgIpc) is 2.56. The van der Waals surface area contributed by atoms with Crippen molar-refractivity contribution < 1.29 is 14.3 Å². The van der Waals surface area contributed by atoms with E-state index in [1.807, 2.05) is 12.1 Å². The second kappa shape index (κ2) is 6.13. The number of rotatable bonds is 3. The Balaban J connectivity index is 1.75. The van der Waals surface area contributed by atoms with Gasteiger partial charge in [0, 0.05) is 25.2 Å². The van der Waals surface area contributed by atoms with E-state index in [9.17, 15) is 9.18 Å². The van der Waals surface area contributed by atoms with Crippen molar-refractivity contribution in [1.29, 1.82) is 0 Å². The van der Waals surface area contributed by atoms with E-state index in [1.165, 1.54) is 18.3 Å². The number of halogens is 1. The third-order valence-corrected chi connectivity index (χ3v) is 4.08. The van der Waals surface area contributed by atoms with Crippen molar-refractivity contribution in [3.8, 4) is 0 Å². The summed E-state index contributed by atoms with van der Waals surface area (Å²) < 4.78 is 13.0. The summed E-state index contributed by atoms with van der Waals surface area (Å²) in [4.78, 5) is 17.3. The highest BCUT2D eigenvalue weighted by Gasteiger charge is 2.22. The Kier molecular flexibility index (Phi) is 4.04. The number of carboxylic acids is 1. The van der Waals surface area contributed by atoms with Crippen LogP contribution in [0.25, 0.3) is 0 Å². The average molecular weight is 300 g/mol. The van der Waals surface area contributed by atoms with Crippen molar-refractivity contribution >= 4 is 11.8 Å². The zero-order valence-electron chi connectivity index (χ0n) is 12.1. The first-order valence-corrected chi connectivity index (χ1v) is 7.33. The number of carbonyl (C=O) groups is 1. The third-order valence-electron chi connectivity index (χ3n) is 4.08. The SMILES string of the molecule is O=C(O)c1ccc(N2CCCC(c3ccc(F)cc3)C2)nc1. The van der Waals surface area contributed by atoms with E-state index in [0.29, 0.717) is 5.92 Å². The first kappa shape index (κ1) is 14.5. The Bertz CT molecular complexity index is 655. The van der Waals surface area contributed by atoms with Crippen molar-refractivity contribution in [2.75, 3.05) is 18.0 Å². The van der Waals surface area contributed by atoms with E-state index in [0.717, 1.165) is 37.3 Å². The van der Waals surface area contributed by atoms with Crippen molar-refractivity contribution in [3.63, 3.8) is 0 Å². The number of hydrogen-bond donors (Lipinski definition) is 1. The fourth-order valence-electron chi connectivity index (χ4n) is 2.89. The molecule has 1 aromatic carbocycles. The Morgan fingerprint density at radius 2 is 2.00 bits per heavy atom. The van der Waals surface area contributed by atoms with Crippen LogP contribution in [0, 0.1) is 5.82 Å². The lowest BCUT2D eigenvalue weighted by molar-refractivity contribution is 0.0696. The van der Waals surface area contributed by atoms with Gasteiger partial charge in [-0.25, -0.2) is 14.2 Å². The van der Waals surface area contributed by atoms with Gasteiger partial charge in [-0.15, -0.1) is 0 Å². The summed E-state index contributed by atoms with van der Waals surface area (Å²) >= 11 is 0. The number of aromatic nitrogens is 1. The summed E-state index contributed by atoms with van der Waals surface area (Å²) in [5, 5.41) is 8.91. The molecule has 114 valence electrons. The molecule has 22 heavy (non-hydrogen) atoms. The van der Waals surface area contributed by atoms with Crippen molar-refractivity contribution in [2.24, 2.45) is 0 Å². The maximum Gasteiger partial charge on any atom is 0.337 e. The van der Waals surface area contributed by atoms with Crippen LogP contribution in [0.4, 0.5) is 10.2 Å². The first-order valence-electron chi connectivity index (χ1n) is 7.33. The van der Waals surface area contributed by atoms with Gasteiger partial charge < -0.3 is 10.0 Å². The Morgan fingerprint density at radius 1 is 1.23 bits per heavy atom. The van der Waals surface area contributed by atoms with Crippen LogP contribution in [0.2, 0.25) is 0 Å². The molecule has 1 N–H and O–H groups in total. The van der Waals surface area contributed by atoms with Crippen LogP contribution in [0.15, 0.2) is 42.6 Å². The number of pyridine rings is 1. The van der Waals surface area contributed by atoms with Crippen LogP contribution in [0.5, 0.6) is 0 Å². The van der Waals surface area contributed by atoms with E-state index < -0.39 is 5.97 Å². The molecule has 0 amide bonds. The number of benzene rings is 1. The standard InChI is InChI=1S/C17H17FN2O2/c18-15-6-3-12(4-7-15)14-2-1-9-20(11-14)16-8-5-13(10-19-16)17(21)22/h3-8,10,14H,1-2,9,11H2,(H,21,22). The normalized spacial score (nSPS) is 18.2. The van der Waals surface area contributed by atoms with Gasteiger partial charge in [-0.3, -0.25) is 0 Å². The number of hydrogen-bond acceptors (Lipinski definition) is 3. The van der Waals surface area contributed by atoms with Crippen LogP contribution >= 0.6 is 0 Å². The first-order chi connectivity index (χ1) is 10.6. The van der Waals surface area contributed by atoms with E-state index in [-0.39, 0.29) is 11.4 Å². The molecule has 1 aliphatic heterocycles. The summed E-state index contributed by atoms with van der Waals surface area (Å²) in [5.74, 6) is -0.0589. The van der Waals surface area contributed by atoms with Crippen LogP contribution in [0.3, 0.4) is 0 Å². The summed E-state index contributed by atoms with van der Waals surface area (Å²) in [6, 6.07) is 9.99. The summed E-state index contributed by atoms with van der Waals surface area (Å²) in [6.45, 7) is 1.71. The molecule has 1 fully saturated rings. The van der Waals surface area contributed by atoms with Crippen LogP contribution in [-0.2, 0) is 0 Å². The van der Waals surface area contributed by atoms with Crippen molar-refractivity contribution in [1.82, 2.24) is 4.98 Å². The zero-order valence-corrected chi connectivity index (χ0v) is 12.1. The second-order valence-corrected chi connectivity index (χ2v) is 5.55. The van der Waals surface area contributed by atoms with Crippen LogP contribution in [-0.4, -0.2) is 29.1 Å². The largest absolute Gasteiger partial charge is 0.478 e. The van der Waals surface area contributed by atoms with Crippen LogP contribution in [0.1, 0.15) is 34.7 Å². The predicted octanol–water partition coefficient (Wildman–Crippen LogP) is 3.30. The Labute approximate surface area is 128 Å². The molecule has 0 radical (unpaired) electrons. The lowest BCUT2D eigenvalue weighted by atomic mass is 9.90. The third kappa shape index (κ3) is 3.08. The predicted molar refractivity (Wildman–Crippen MR) is 81.8 cm³/mol. The highest BCUT2D eigenvalue weighted by atomic mass is 19.1. The lowest BCUT2D eigenvalue weighted by Gasteiger charge is -2.33. The van der Waals surface area contributed by atoms with E-state index in [1.54, 1.807) is 12.1 Å². The molecular weight excluding hydrogens is 283 g/mol. The number of nitrogens with zero attached hydrogens (tertiary/aromatic N) is 2. The van der Waals surface area contributed by atoms with Crippen molar-refractivity contribution in [3.05, 3.63) is 59.5 Å².